The minimum Gasteiger partial charge on any atom is -0.496 e. The topological polar surface area (TPSA) is 74.2 Å². The summed E-state index contributed by atoms with van der Waals surface area (Å²) in [5.74, 6) is 1.05. The lowest BCUT2D eigenvalue weighted by Crippen LogP contribution is -2.32. The van der Waals surface area contributed by atoms with Crippen LogP contribution in [-0.2, 0) is 17.8 Å². The molecule has 0 saturated heterocycles. The van der Waals surface area contributed by atoms with Gasteiger partial charge >= 0.3 is 5.97 Å². The first-order valence-corrected chi connectivity index (χ1v) is 10.9. The van der Waals surface area contributed by atoms with E-state index in [1.165, 1.54) is 14.2 Å². The van der Waals surface area contributed by atoms with Gasteiger partial charge in [-0.25, -0.2) is 0 Å². The Hall–Kier alpha value is -3.22. The SMILES string of the molecule is COc1cccc2c1-c1c(c(OCc3ccccc3)cc(Cl)c1OC)C[C@@](C)(O)CC(=O)O2. The maximum absolute atomic E-state index is 12.6. The van der Waals surface area contributed by atoms with Crippen LogP contribution < -0.4 is 18.9 Å². The predicted molar refractivity (Wildman–Crippen MR) is 125 cm³/mol. The van der Waals surface area contributed by atoms with E-state index < -0.39 is 11.6 Å². The molecule has 3 aromatic rings. The van der Waals surface area contributed by atoms with Crippen LogP contribution in [0, 0.1) is 0 Å². The van der Waals surface area contributed by atoms with E-state index in [1.807, 2.05) is 30.3 Å². The second-order valence-corrected chi connectivity index (χ2v) is 8.58. The van der Waals surface area contributed by atoms with Crippen LogP contribution in [-0.4, -0.2) is 30.9 Å². The van der Waals surface area contributed by atoms with Gasteiger partial charge in [0.2, 0.25) is 0 Å². The number of esters is 1. The van der Waals surface area contributed by atoms with Crippen LogP contribution in [0.4, 0.5) is 0 Å². The highest BCUT2D eigenvalue weighted by atomic mass is 35.5. The van der Waals surface area contributed by atoms with Gasteiger partial charge in [-0.2, -0.15) is 0 Å². The van der Waals surface area contributed by atoms with E-state index in [1.54, 1.807) is 31.2 Å². The first-order chi connectivity index (χ1) is 15.8. The average Bonchev–Trinajstić information content (AvgIpc) is 2.82. The molecule has 1 heterocycles. The molecule has 0 radical (unpaired) electrons. The van der Waals surface area contributed by atoms with E-state index in [0.717, 1.165) is 5.56 Å². The first kappa shape index (κ1) is 23.0. The van der Waals surface area contributed by atoms with Crippen molar-refractivity contribution in [2.45, 2.75) is 32.0 Å². The van der Waals surface area contributed by atoms with Crippen molar-refractivity contribution in [3.8, 4) is 34.1 Å². The normalized spacial score (nSPS) is 17.5. The van der Waals surface area contributed by atoms with Crippen molar-refractivity contribution >= 4 is 17.6 Å². The van der Waals surface area contributed by atoms with Gasteiger partial charge in [0.05, 0.1) is 36.8 Å². The zero-order chi connectivity index (χ0) is 23.6. The van der Waals surface area contributed by atoms with Crippen LogP contribution in [0.25, 0.3) is 11.1 Å². The molecule has 0 saturated carbocycles. The molecule has 0 amide bonds. The molecule has 0 unspecified atom stereocenters. The smallest absolute Gasteiger partial charge is 0.314 e. The van der Waals surface area contributed by atoms with Crippen molar-refractivity contribution in [3.05, 3.63) is 70.7 Å². The number of hydrogen-bond donors (Lipinski definition) is 1. The molecule has 33 heavy (non-hydrogen) atoms. The largest absolute Gasteiger partial charge is 0.496 e. The second-order valence-electron chi connectivity index (χ2n) is 8.18. The summed E-state index contributed by atoms with van der Waals surface area (Å²) in [6, 6.07) is 16.6. The lowest BCUT2D eigenvalue weighted by molar-refractivity contribution is -0.139. The average molecular weight is 469 g/mol. The highest BCUT2D eigenvalue weighted by Gasteiger charge is 2.35. The van der Waals surface area contributed by atoms with E-state index >= 15 is 0 Å². The van der Waals surface area contributed by atoms with Crippen molar-refractivity contribution in [2.24, 2.45) is 0 Å². The van der Waals surface area contributed by atoms with Gasteiger partial charge in [0.15, 0.2) is 0 Å². The molecule has 0 bridgehead atoms. The summed E-state index contributed by atoms with van der Waals surface area (Å²) in [4.78, 5) is 12.6. The Labute approximate surface area is 197 Å². The van der Waals surface area contributed by atoms with Gasteiger partial charge in [-0.15, -0.1) is 0 Å². The van der Waals surface area contributed by atoms with Gasteiger partial charge in [0.25, 0.3) is 0 Å². The number of aliphatic hydroxyl groups is 1. The number of carbonyl (C=O) groups excluding carboxylic acids is 1. The quantitative estimate of drug-likeness (QED) is 0.409. The molecule has 0 aromatic heterocycles. The van der Waals surface area contributed by atoms with Crippen molar-refractivity contribution in [1.82, 2.24) is 0 Å². The Bertz CT molecular complexity index is 1170. The summed E-state index contributed by atoms with van der Waals surface area (Å²) in [5.41, 5.74) is 1.27. The summed E-state index contributed by atoms with van der Waals surface area (Å²) in [6.45, 7) is 1.89. The van der Waals surface area contributed by atoms with Crippen molar-refractivity contribution in [3.63, 3.8) is 0 Å². The van der Waals surface area contributed by atoms with Crippen molar-refractivity contribution in [2.75, 3.05) is 14.2 Å². The number of benzene rings is 3. The minimum absolute atomic E-state index is 0.104. The molecule has 1 atom stereocenters. The molecule has 0 fully saturated rings. The number of hydrogen-bond acceptors (Lipinski definition) is 6. The van der Waals surface area contributed by atoms with Crippen molar-refractivity contribution < 1.29 is 28.8 Å². The Kier molecular flexibility index (Phi) is 6.49. The first-order valence-electron chi connectivity index (χ1n) is 10.5. The molecule has 4 rings (SSSR count). The molecule has 7 heteroatoms. The van der Waals surface area contributed by atoms with E-state index in [0.29, 0.717) is 45.6 Å². The Morgan fingerprint density at radius 2 is 1.76 bits per heavy atom. The van der Waals surface area contributed by atoms with Gasteiger partial charge in [0, 0.05) is 23.6 Å². The van der Waals surface area contributed by atoms with Crippen LogP contribution >= 0.6 is 11.6 Å². The van der Waals surface area contributed by atoms with Gasteiger partial charge < -0.3 is 24.1 Å². The van der Waals surface area contributed by atoms with Crippen LogP contribution in [0.5, 0.6) is 23.0 Å². The molecule has 6 nitrogen and oxygen atoms in total. The van der Waals surface area contributed by atoms with E-state index in [4.69, 9.17) is 30.5 Å². The second kappa shape index (κ2) is 9.33. The van der Waals surface area contributed by atoms with Crippen LogP contribution in [0.15, 0.2) is 54.6 Å². The predicted octanol–water partition coefficient (Wildman–Crippen LogP) is 5.21. The van der Waals surface area contributed by atoms with E-state index in [9.17, 15) is 9.90 Å². The zero-order valence-electron chi connectivity index (χ0n) is 18.7. The molecule has 0 aliphatic carbocycles. The number of methoxy groups -OCH3 is 2. The number of halogens is 1. The molecular weight excluding hydrogens is 444 g/mol. The monoisotopic (exact) mass is 468 g/mol. The third kappa shape index (κ3) is 4.77. The molecule has 172 valence electrons. The van der Waals surface area contributed by atoms with Crippen LogP contribution in [0.2, 0.25) is 5.02 Å². The fourth-order valence-corrected chi connectivity index (χ4v) is 4.35. The standard InChI is InChI=1S/C26H25ClO6/c1-26(29)13-17-21(32-15-16-8-5-4-6-9-16)12-18(27)25(31-3)23(17)24-19(30-2)10-7-11-20(24)33-22(28)14-26/h4-12,29H,13-15H2,1-3H3/t26-/m1/s1. The highest BCUT2D eigenvalue weighted by molar-refractivity contribution is 6.33. The van der Waals surface area contributed by atoms with Crippen LogP contribution in [0.3, 0.4) is 0 Å². The number of ether oxygens (including phenoxy) is 4. The molecular formula is C26H25ClO6. The lowest BCUT2D eigenvalue weighted by Gasteiger charge is -2.26. The Balaban J connectivity index is 1.98. The third-order valence-electron chi connectivity index (χ3n) is 5.51. The highest BCUT2D eigenvalue weighted by Crippen LogP contribution is 2.51. The minimum atomic E-state index is -1.40. The van der Waals surface area contributed by atoms with Gasteiger partial charge in [0.1, 0.15) is 29.6 Å². The van der Waals surface area contributed by atoms with Gasteiger partial charge in [-0.1, -0.05) is 48.0 Å². The van der Waals surface area contributed by atoms with E-state index in [-0.39, 0.29) is 18.6 Å². The van der Waals surface area contributed by atoms with Gasteiger partial charge in [-0.3, -0.25) is 4.79 Å². The summed E-state index contributed by atoms with van der Waals surface area (Å²) in [7, 11) is 3.04. The molecule has 1 N–H and O–H groups in total. The number of fused-ring (bicyclic) bond motifs is 3. The number of rotatable bonds is 5. The molecule has 3 aromatic carbocycles. The van der Waals surface area contributed by atoms with Crippen LogP contribution in [0.1, 0.15) is 24.5 Å². The van der Waals surface area contributed by atoms with Gasteiger partial charge in [-0.05, 0) is 24.6 Å². The molecule has 1 aliphatic heterocycles. The Morgan fingerprint density at radius 3 is 2.45 bits per heavy atom. The molecule has 1 aliphatic rings. The number of carbonyl (C=O) groups is 1. The lowest BCUT2D eigenvalue weighted by atomic mass is 9.87. The summed E-state index contributed by atoms with van der Waals surface area (Å²) in [6.07, 6.45) is -0.0985. The summed E-state index contributed by atoms with van der Waals surface area (Å²) >= 11 is 6.63. The fourth-order valence-electron chi connectivity index (χ4n) is 4.08. The Morgan fingerprint density at radius 1 is 1.00 bits per heavy atom. The zero-order valence-corrected chi connectivity index (χ0v) is 19.4. The molecule has 0 spiro atoms. The maximum atomic E-state index is 12.6. The van der Waals surface area contributed by atoms with Crippen molar-refractivity contribution in [1.29, 1.82) is 0 Å². The summed E-state index contributed by atoms with van der Waals surface area (Å²) in [5, 5.41) is 11.4. The fraction of sp³-hybridized carbons (Fsp3) is 0.269. The van der Waals surface area contributed by atoms with E-state index in [2.05, 4.69) is 0 Å². The summed E-state index contributed by atoms with van der Waals surface area (Å²) < 4.78 is 23.1. The third-order valence-corrected chi connectivity index (χ3v) is 5.79. The maximum Gasteiger partial charge on any atom is 0.314 e.